The maximum Gasteiger partial charge on any atom is 0.303 e. The monoisotopic (exact) mass is 788 g/mol. The number of carbonyl (C=O) groups is 4. The molecule has 1 aromatic rings. The Morgan fingerprint density at radius 1 is 0.788 bits per heavy atom. The van der Waals surface area contributed by atoms with Crippen molar-refractivity contribution < 1.29 is 38.5 Å². The molecule has 1 rings (SSSR count). The third-order valence-electron chi connectivity index (χ3n) is 7.13. The molecule has 0 heterocycles. The molecule has 0 bridgehead atoms. The van der Waals surface area contributed by atoms with E-state index in [0.717, 1.165) is 0 Å². The minimum atomic E-state index is -0.745. The largest absolute Gasteiger partial charge is 0.481 e. The van der Waals surface area contributed by atoms with Crippen molar-refractivity contribution in [3.63, 3.8) is 0 Å². The van der Waals surface area contributed by atoms with Crippen molar-refractivity contribution >= 4 is 59.7 Å². The molecule has 1 unspecified atom stereocenters. The van der Waals surface area contributed by atoms with Gasteiger partial charge in [0.15, 0.2) is 5.78 Å². The molecule has 13 heteroatoms. The Morgan fingerprint density at radius 3 is 1.60 bits per heavy atom. The Labute approximate surface area is 328 Å². The number of thiol groups is 1. The topological polar surface area (TPSA) is 140 Å². The number of amides is 2. The number of carbonyl (C=O) groups excluding carboxylic acids is 3. The van der Waals surface area contributed by atoms with Crippen LogP contribution in [-0.2, 0) is 23.8 Å². The van der Waals surface area contributed by atoms with Gasteiger partial charge in [-0.05, 0) is 109 Å². The first-order valence-electron chi connectivity index (χ1n) is 17.9. The molecule has 1 aromatic carbocycles. The second kappa shape index (κ2) is 22.6. The molecule has 0 aliphatic rings. The fourth-order valence-corrected chi connectivity index (χ4v) is 6.35. The van der Waals surface area contributed by atoms with Gasteiger partial charge >= 0.3 is 5.97 Å². The summed E-state index contributed by atoms with van der Waals surface area (Å²) in [5.41, 5.74) is -0.224. The molecule has 0 spiro atoms. The van der Waals surface area contributed by atoms with E-state index < -0.39 is 11.5 Å². The first-order chi connectivity index (χ1) is 23.6. The summed E-state index contributed by atoms with van der Waals surface area (Å²) in [6, 6.07) is 6.68. The number of aliphatic carboxylic acids is 1. The van der Waals surface area contributed by atoms with E-state index in [9.17, 15) is 19.2 Å². The molecule has 0 radical (unpaired) electrons. The predicted octanol–water partition coefficient (Wildman–Crippen LogP) is 7.93. The zero-order chi connectivity index (χ0) is 40.6. The van der Waals surface area contributed by atoms with Crippen molar-refractivity contribution in [3.05, 3.63) is 35.4 Å². The first-order valence-corrected chi connectivity index (χ1v) is 20.4. The van der Waals surface area contributed by atoms with Crippen LogP contribution in [0.2, 0.25) is 0 Å². The van der Waals surface area contributed by atoms with E-state index in [2.05, 4.69) is 51.0 Å². The van der Waals surface area contributed by atoms with Gasteiger partial charge in [-0.15, -0.1) is 12.6 Å². The van der Waals surface area contributed by atoms with Crippen LogP contribution in [-0.4, -0.2) is 98.2 Å². The minimum absolute atomic E-state index is 0.0370. The average Bonchev–Trinajstić information content (AvgIpc) is 3.00. The second-order valence-corrected chi connectivity index (χ2v) is 20.8. The summed E-state index contributed by atoms with van der Waals surface area (Å²) in [5.74, 6) is -0.362. The summed E-state index contributed by atoms with van der Waals surface area (Å²) < 4.78 is 17.2. The van der Waals surface area contributed by atoms with E-state index in [-0.39, 0.29) is 62.6 Å². The molecule has 52 heavy (non-hydrogen) atoms. The lowest BCUT2D eigenvalue weighted by atomic mass is 9.99. The van der Waals surface area contributed by atoms with Gasteiger partial charge in [-0.25, -0.2) is 0 Å². The van der Waals surface area contributed by atoms with Gasteiger partial charge in [0.1, 0.15) is 0 Å². The summed E-state index contributed by atoms with van der Waals surface area (Å²) in [6.07, 6.45) is 0.829. The van der Waals surface area contributed by atoms with Gasteiger partial charge < -0.3 is 30.0 Å². The number of rotatable bonds is 21. The molecule has 10 nitrogen and oxygen atoms in total. The molecule has 300 valence electrons. The summed E-state index contributed by atoms with van der Waals surface area (Å²) >= 11 is 7.68. The molecule has 0 fully saturated rings. The SMILES string of the molecule is CC(S)OCCC(C)(C)NC(=O)CNC(=O)c1ccc(C(=O)C(CSC(C)(C)COC(C)(C)C)CSC(C)(C)COC(C)(C)C)cc1.CCC(=O)O. The molecule has 0 aliphatic carbocycles. The summed E-state index contributed by atoms with van der Waals surface area (Å²) in [6.45, 7) is 29.5. The van der Waals surface area contributed by atoms with Crippen molar-refractivity contribution in [3.8, 4) is 0 Å². The van der Waals surface area contributed by atoms with Crippen LogP contribution in [0.15, 0.2) is 24.3 Å². The highest BCUT2D eigenvalue weighted by Crippen LogP contribution is 2.34. The molecule has 0 aromatic heterocycles. The molecule has 1 atom stereocenters. The van der Waals surface area contributed by atoms with E-state index in [4.69, 9.17) is 19.3 Å². The lowest BCUT2D eigenvalue weighted by molar-refractivity contribution is -0.136. The van der Waals surface area contributed by atoms with Crippen LogP contribution in [0.5, 0.6) is 0 Å². The molecule has 3 N–H and O–H groups in total. The predicted molar refractivity (Wildman–Crippen MR) is 220 cm³/mol. The Hall–Kier alpha value is -1.77. The standard InChI is InChI=1S/C36H62N2O6S3.C3H6O2/c1-25(45)42-19-18-34(8,9)38-29(39)20-37-31(41)27-16-14-26(15-17-27)30(40)28(21-46-35(10,11)23-43-32(2,3)4)22-47-36(12,13)24-44-33(5,6)7;1-2-3(4)5/h14-17,25,28,45H,18-24H2,1-13H3,(H,37,41)(H,38,39);2H2,1H3,(H,4,5). The number of ether oxygens (including phenoxy) is 3. The fraction of sp³-hybridized carbons (Fsp3) is 0.744. The zero-order valence-electron chi connectivity index (χ0n) is 34.2. The Bertz CT molecular complexity index is 1220. The van der Waals surface area contributed by atoms with E-state index >= 15 is 0 Å². The quantitative estimate of drug-likeness (QED) is 0.0552. The highest BCUT2D eigenvalue weighted by Gasteiger charge is 2.30. The fourth-order valence-electron chi connectivity index (χ4n) is 3.97. The maximum atomic E-state index is 13.9. The number of hydrogen-bond acceptors (Lipinski definition) is 10. The lowest BCUT2D eigenvalue weighted by Gasteiger charge is -2.32. The number of benzene rings is 1. The van der Waals surface area contributed by atoms with Crippen LogP contribution < -0.4 is 10.6 Å². The lowest BCUT2D eigenvalue weighted by Crippen LogP contribution is -2.48. The Balaban J connectivity index is 0.00000484. The van der Waals surface area contributed by atoms with Gasteiger partial charge in [0.2, 0.25) is 5.91 Å². The summed E-state index contributed by atoms with van der Waals surface area (Å²) in [5, 5.41) is 13.3. The molecule has 0 saturated carbocycles. The third kappa shape index (κ3) is 25.3. The summed E-state index contributed by atoms with van der Waals surface area (Å²) in [4.78, 5) is 48.6. The Kier molecular flexibility index (Phi) is 21.8. The molecular weight excluding hydrogens is 721 g/mol. The van der Waals surface area contributed by atoms with Crippen LogP contribution >= 0.6 is 36.2 Å². The van der Waals surface area contributed by atoms with Gasteiger partial charge in [-0.1, -0.05) is 19.1 Å². The third-order valence-corrected chi connectivity index (χ3v) is 10.2. The summed E-state index contributed by atoms with van der Waals surface area (Å²) in [7, 11) is 0. The van der Waals surface area contributed by atoms with Gasteiger partial charge in [0.25, 0.3) is 5.91 Å². The first kappa shape index (κ1) is 50.2. The van der Waals surface area contributed by atoms with Crippen molar-refractivity contribution in [2.45, 2.75) is 141 Å². The van der Waals surface area contributed by atoms with Crippen molar-refractivity contribution in [1.82, 2.24) is 10.6 Å². The van der Waals surface area contributed by atoms with E-state index in [1.807, 2.05) is 62.3 Å². The Morgan fingerprint density at radius 2 is 1.21 bits per heavy atom. The number of ketones is 1. The van der Waals surface area contributed by atoms with Crippen LogP contribution in [0.3, 0.4) is 0 Å². The maximum absolute atomic E-state index is 13.9. The van der Waals surface area contributed by atoms with Crippen LogP contribution in [0.4, 0.5) is 0 Å². The van der Waals surface area contributed by atoms with Crippen LogP contribution in [0, 0.1) is 5.92 Å². The molecule has 0 aliphatic heterocycles. The van der Waals surface area contributed by atoms with Crippen LogP contribution in [0.25, 0.3) is 0 Å². The molecule has 0 saturated heterocycles. The van der Waals surface area contributed by atoms with E-state index in [0.29, 0.717) is 48.9 Å². The van der Waals surface area contributed by atoms with Gasteiger partial charge in [-0.2, -0.15) is 23.5 Å². The average molecular weight is 789 g/mol. The smallest absolute Gasteiger partial charge is 0.303 e. The van der Waals surface area contributed by atoms with Gasteiger partial charge in [0.05, 0.1) is 43.0 Å². The van der Waals surface area contributed by atoms with E-state index in [1.54, 1.807) is 54.7 Å². The minimum Gasteiger partial charge on any atom is -0.481 e. The highest BCUT2D eigenvalue weighted by molar-refractivity contribution is 8.01. The normalized spacial score (nSPS) is 13.2. The number of thioether (sulfide) groups is 2. The second-order valence-electron chi connectivity index (χ2n) is 16.7. The van der Waals surface area contributed by atoms with E-state index in [1.165, 1.54) is 0 Å². The number of carboxylic acid groups (broad SMARTS) is 1. The number of Topliss-reactive ketones (excluding diaryl/α,β-unsaturated/α-hetero) is 1. The molecule has 2 amide bonds. The van der Waals surface area contributed by atoms with Gasteiger partial charge in [-0.3, -0.25) is 19.2 Å². The molecular formula is C39H68N2O8S3. The number of hydrogen-bond donors (Lipinski definition) is 4. The van der Waals surface area contributed by atoms with Crippen LogP contribution in [0.1, 0.15) is 130 Å². The zero-order valence-corrected chi connectivity index (χ0v) is 36.7. The number of nitrogens with one attached hydrogen (secondary N) is 2. The van der Waals surface area contributed by atoms with Crippen molar-refractivity contribution in [1.29, 1.82) is 0 Å². The van der Waals surface area contributed by atoms with Gasteiger partial charge in [0, 0.05) is 50.0 Å². The van der Waals surface area contributed by atoms with Crippen molar-refractivity contribution in [2.24, 2.45) is 5.92 Å². The number of carboxylic acids is 1. The van der Waals surface area contributed by atoms with Crippen molar-refractivity contribution in [2.75, 3.05) is 37.9 Å². The highest BCUT2D eigenvalue weighted by atomic mass is 32.2.